The highest BCUT2D eigenvalue weighted by molar-refractivity contribution is 14.0. The number of rotatable bonds is 9. The minimum atomic E-state index is 0. The monoisotopic (exact) mass is 421 g/mol. The van der Waals surface area contributed by atoms with Crippen LogP contribution in [0.4, 0.5) is 0 Å². The van der Waals surface area contributed by atoms with Gasteiger partial charge in [0.2, 0.25) is 0 Å². The minimum absolute atomic E-state index is 0. The lowest BCUT2D eigenvalue weighted by molar-refractivity contribution is 0.0747. The van der Waals surface area contributed by atoms with Gasteiger partial charge in [0.05, 0.1) is 26.4 Å². The maximum atomic E-state index is 5.42. The molecule has 0 radical (unpaired) electrons. The molecule has 0 heterocycles. The number of nitrogens with one attached hydrogen (secondary N) is 1. The maximum absolute atomic E-state index is 5.42. The van der Waals surface area contributed by atoms with Gasteiger partial charge in [-0.1, -0.05) is 30.3 Å². The molecule has 0 aliphatic rings. The van der Waals surface area contributed by atoms with Gasteiger partial charge in [0.1, 0.15) is 0 Å². The zero-order valence-electron chi connectivity index (χ0n) is 13.7. The second kappa shape index (κ2) is 13.8. The number of hydrogen-bond donors (Lipinski definition) is 1. The topological polar surface area (TPSA) is 46.1 Å². The third kappa shape index (κ3) is 9.22. The van der Waals surface area contributed by atoms with Crippen molar-refractivity contribution >= 4 is 29.9 Å². The Morgan fingerprint density at radius 2 is 1.91 bits per heavy atom. The van der Waals surface area contributed by atoms with E-state index in [2.05, 4.69) is 46.4 Å². The van der Waals surface area contributed by atoms with Crippen LogP contribution in [0, 0.1) is 0 Å². The molecule has 0 amide bonds. The van der Waals surface area contributed by atoms with Crippen molar-refractivity contribution in [3.8, 4) is 0 Å². The second-order valence-corrected chi connectivity index (χ2v) is 4.68. The molecule has 0 fully saturated rings. The molecule has 1 aromatic carbocycles. The highest BCUT2D eigenvalue weighted by Gasteiger charge is 2.05. The number of aliphatic imine (C=N–C) groups is 1. The maximum Gasteiger partial charge on any atom is 0.194 e. The van der Waals surface area contributed by atoms with Crippen LogP contribution in [0.2, 0.25) is 0 Å². The average molecular weight is 421 g/mol. The lowest BCUT2D eigenvalue weighted by Gasteiger charge is -2.22. The van der Waals surface area contributed by atoms with Crippen molar-refractivity contribution in [3.63, 3.8) is 0 Å². The Balaban J connectivity index is 0.00000441. The molecule has 0 spiro atoms. The van der Waals surface area contributed by atoms with Gasteiger partial charge < -0.3 is 19.7 Å². The van der Waals surface area contributed by atoms with E-state index < -0.39 is 0 Å². The third-order valence-corrected chi connectivity index (χ3v) is 2.89. The van der Waals surface area contributed by atoms with Gasteiger partial charge in [-0.3, -0.25) is 4.99 Å². The highest BCUT2D eigenvalue weighted by Crippen LogP contribution is 2.02. The first-order chi connectivity index (χ1) is 10.3. The number of benzene rings is 1. The van der Waals surface area contributed by atoms with Crippen molar-refractivity contribution in [1.29, 1.82) is 0 Å². The summed E-state index contributed by atoms with van der Waals surface area (Å²) in [5, 5.41) is 3.30. The second-order valence-electron chi connectivity index (χ2n) is 4.68. The van der Waals surface area contributed by atoms with Crippen molar-refractivity contribution in [3.05, 3.63) is 35.9 Å². The van der Waals surface area contributed by atoms with E-state index in [-0.39, 0.29) is 24.0 Å². The number of hydrogen-bond acceptors (Lipinski definition) is 3. The smallest absolute Gasteiger partial charge is 0.194 e. The first kappa shape index (κ1) is 21.1. The van der Waals surface area contributed by atoms with Gasteiger partial charge in [0.25, 0.3) is 0 Å². The minimum Gasteiger partial charge on any atom is -0.382 e. The Labute approximate surface area is 151 Å². The quantitative estimate of drug-likeness (QED) is 0.288. The molecule has 1 N–H and O–H groups in total. The fourth-order valence-electron chi connectivity index (χ4n) is 1.86. The molecular weight excluding hydrogens is 393 g/mol. The molecule has 1 rings (SSSR count). The number of ether oxygens (including phenoxy) is 2. The molecule has 126 valence electrons. The van der Waals surface area contributed by atoms with Crippen LogP contribution in [0.25, 0.3) is 0 Å². The molecule has 0 saturated carbocycles. The number of halogens is 1. The molecule has 0 saturated heterocycles. The fourth-order valence-corrected chi connectivity index (χ4v) is 1.86. The van der Waals surface area contributed by atoms with E-state index in [1.807, 2.05) is 13.1 Å². The third-order valence-electron chi connectivity index (χ3n) is 2.89. The predicted molar refractivity (Wildman–Crippen MR) is 102 cm³/mol. The highest BCUT2D eigenvalue weighted by atomic mass is 127. The summed E-state index contributed by atoms with van der Waals surface area (Å²) in [5.74, 6) is 0.900. The Hall–Kier alpha value is -0.860. The van der Waals surface area contributed by atoms with Gasteiger partial charge in [-0.15, -0.1) is 24.0 Å². The first-order valence-corrected chi connectivity index (χ1v) is 7.38. The van der Waals surface area contributed by atoms with Crippen LogP contribution in [0.1, 0.15) is 12.5 Å². The van der Waals surface area contributed by atoms with Gasteiger partial charge in [-0.2, -0.15) is 0 Å². The number of methoxy groups -OCH3 is 1. The van der Waals surface area contributed by atoms with Crippen LogP contribution in [-0.2, 0) is 16.0 Å². The molecule has 0 aliphatic carbocycles. The molecule has 0 aliphatic heterocycles. The summed E-state index contributed by atoms with van der Waals surface area (Å²) < 4.78 is 10.4. The summed E-state index contributed by atoms with van der Waals surface area (Å²) in [4.78, 5) is 6.69. The molecule has 0 bridgehead atoms. The largest absolute Gasteiger partial charge is 0.382 e. The summed E-state index contributed by atoms with van der Waals surface area (Å²) in [6, 6.07) is 10.4. The van der Waals surface area contributed by atoms with Crippen molar-refractivity contribution in [1.82, 2.24) is 10.2 Å². The molecule has 0 aromatic heterocycles. The van der Waals surface area contributed by atoms with Crippen LogP contribution in [0.15, 0.2) is 35.3 Å². The van der Waals surface area contributed by atoms with E-state index in [9.17, 15) is 0 Å². The predicted octanol–water partition coefficient (Wildman–Crippen LogP) is 2.36. The summed E-state index contributed by atoms with van der Waals surface area (Å²) in [6.07, 6.45) is 0. The van der Waals surface area contributed by atoms with Crippen molar-refractivity contribution in [2.24, 2.45) is 4.99 Å². The van der Waals surface area contributed by atoms with Crippen LogP contribution in [0.3, 0.4) is 0 Å². The van der Waals surface area contributed by atoms with E-state index in [1.165, 1.54) is 5.56 Å². The molecule has 1 aromatic rings. The zero-order chi connectivity index (χ0) is 15.3. The van der Waals surface area contributed by atoms with Gasteiger partial charge in [-0.25, -0.2) is 0 Å². The summed E-state index contributed by atoms with van der Waals surface area (Å²) in [7, 11) is 3.71. The molecule has 6 heteroatoms. The Kier molecular flexibility index (Phi) is 13.2. The fraction of sp³-hybridized carbons (Fsp3) is 0.562. The van der Waals surface area contributed by atoms with Crippen LogP contribution >= 0.6 is 24.0 Å². The molecule has 0 unspecified atom stereocenters. The Morgan fingerprint density at radius 3 is 2.55 bits per heavy atom. The van der Waals surface area contributed by atoms with Gasteiger partial charge in [0.15, 0.2) is 5.96 Å². The summed E-state index contributed by atoms with van der Waals surface area (Å²) in [5.41, 5.74) is 1.27. The molecule has 0 atom stereocenters. The summed E-state index contributed by atoms with van der Waals surface area (Å²) >= 11 is 0. The zero-order valence-corrected chi connectivity index (χ0v) is 16.1. The Bertz CT molecular complexity index is 402. The number of nitrogens with zero attached hydrogens (tertiary/aromatic N) is 2. The number of guanidine groups is 1. The van der Waals surface area contributed by atoms with E-state index in [1.54, 1.807) is 7.11 Å². The van der Waals surface area contributed by atoms with Crippen LogP contribution < -0.4 is 5.32 Å². The SMILES string of the molecule is CCNC(=NCCOCCOC)N(C)Cc1ccccc1.I. The van der Waals surface area contributed by atoms with E-state index >= 15 is 0 Å². The van der Waals surface area contributed by atoms with E-state index in [4.69, 9.17) is 9.47 Å². The summed E-state index contributed by atoms with van der Waals surface area (Å²) in [6.45, 7) is 6.24. The van der Waals surface area contributed by atoms with Gasteiger partial charge >= 0.3 is 0 Å². The standard InChI is InChI=1S/C16H27N3O2.HI/c1-4-17-16(18-10-11-21-13-12-20-3)19(2)14-15-8-6-5-7-9-15;/h5-9H,4,10-14H2,1-3H3,(H,17,18);1H. The van der Waals surface area contributed by atoms with Gasteiger partial charge in [-0.05, 0) is 12.5 Å². The van der Waals surface area contributed by atoms with Crippen molar-refractivity contribution in [2.75, 3.05) is 47.1 Å². The Morgan fingerprint density at radius 1 is 1.18 bits per heavy atom. The average Bonchev–Trinajstić information content (AvgIpc) is 2.50. The van der Waals surface area contributed by atoms with Crippen LogP contribution in [-0.4, -0.2) is 57.9 Å². The van der Waals surface area contributed by atoms with Crippen LogP contribution in [0.5, 0.6) is 0 Å². The molecule has 22 heavy (non-hydrogen) atoms. The van der Waals surface area contributed by atoms with E-state index in [0.29, 0.717) is 26.4 Å². The molecule has 5 nitrogen and oxygen atoms in total. The van der Waals surface area contributed by atoms with Gasteiger partial charge in [0, 0.05) is 27.2 Å². The molecular formula is C16H28IN3O2. The lowest BCUT2D eigenvalue weighted by Crippen LogP contribution is -2.38. The lowest BCUT2D eigenvalue weighted by atomic mass is 10.2. The van der Waals surface area contributed by atoms with E-state index in [0.717, 1.165) is 19.0 Å². The van der Waals surface area contributed by atoms with Crippen molar-refractivity contribution in [2.45, 2.75) is 13.5 Å². The van der Waals surface area contributed by atoms with Crippen molar-refractivity contribution < 1.29 is 9.47 Å². The first-order valence-electron chi connectivity index (χ1n) is 7.38. The normalized spacial score (nSPS) is 11.0.